The number of hydrogen-bond acceptors (Lipinski definition) is 7. The number of carbonyl (C=O) groups excluding carboxylic acids is 1. The van der Waals surface area contributed by atoms with Crippen LogP contribution >= 0.6 is 0 Å². The summed E-state index contributed by atoms with van der Waals surface area (Å²) < 4.78 is 26.5. The fraction of sp³-hybridized carbons (Fsp3) is 0.645. The lowest BCUT2D eigenvalue weighted by atomic mass is 9.85. The first kappa shape index (κ1) is 30.1. The summed E-state index contributed by atoms with van der Waals surface area (Å²) in [5.41, 5.74) is 3.49. The van der Waals surface area contributed by atoms with Gasteiger partial charge in [-0.1, -0.05) is 30.3 Å². The van der Waals surface area contributed by atoms with E-state index in [1.165, 1.54) is 18.1 Å². The molecule has 0 radical (unpaired) electrons. The predicted molar refractivity (Wildman–Crippen MR) is 161 cm³/mol. The van der Waals surface area contributed by atoms with Gasteiger partial charge in [0.25, 0.3) is 5.91 Å². The zero-order chi connectivity index (χ0) is 29.2. The Bertz CT molecular complexity index is 1280. The van der Waals surface area contributed by atoms with Crippen LogP contribution < -0.4 is 0 Å². The van der Waals surface area contributed by atoms with E-state index in [1.807, 2.05) is 24.8 Å². The third kappa shape index (κ3) is 6.82. The molecule has 3 aliphatic rings. The van der Waals surface area contributed by atoms with Gasteiger partial charge in [0, 0.05) is 63.4 Å². The second kappa shape index (κ2) is 12.5. The summed E-state index contributed by atoms with van der Waals surface area (Å²) in [6, 6.07) is 11.2. The molecule has 0 saturated carbocycles. The van der Waals surface area contributed by atoms with Crippen LogP contribution in [0, 0.1) is 13.8 Å². The van der Waals surface area contributed by atoms with E-state index in [0.29, 0.717) is 24.7 Å². The van der Waals surface area contributed by atoms with Gasteiger partial charge in [-0.2, -0.15) is 0 Å². The SMILES string of the molecule is Cc1ncnc(C)c1C(=O)N1CCC(C)(N2CCC(N(Cc3ccccc3)C3CCCN(S(C)(=O)=O)C3)CC2)CC1. The molecule has 1 amide bonds. The number of aromatic nitrogens is 2. The van der Waals surface area contributed by atoms with Crippen LogP contribution in [0.5, 0.6) is 0 Å². The first-order valence-corrected chi connectivity index (χ1v) is 17.0. The lowest BCUT2D eigenvalue weighted by Gasteiger charge is -2.51. The van der Waals surface area contributed by atoms with Crippen LogP contribution in [0.2, 0.25) is 0 Å². The first-order valence-electron chi connectivity index (χ1n) is 15.1. The van der Waals surface area contributed by atoms with Crippen LogP contribution in [0.3, 0.4) is 0 Å². The number of amides is 1. The molecule has 1 atom stereocenters. The van der Waals surface area contributed by atoms with Gasteiger partial charge < -0.3 is 4.90 Å². The van der Waals surface area contributed by atoms with Crippen molar-refractivity contribution in [2.75, 3.05) is 45.5 Å². The molecule has 1 aromatic carbocycles. The van der Waals surface area contributed by atoms with E-state index in [-0.39, 0.29) is 17.5 Å². The largest absolute Gasteiger partial charge is 0.338 e. The van der Waals surface area contributed by atoms with Crippen molar-refractivity contribution in [3.05, 3.63) is 59.2 Å². The Morgan fingerprint density at radius 1 is 0.951 bits per heavy atom. The molecule has 1 unspecified atom stereocenters. The second-order valence-corrected chi connectivity index (χ2v) is 14.5. The Balaban J connectivity index is 1.23. The molecular weight excluding hydrogens is 536 g/mol. The van der Waals surface area contributed by atoms with E-state index in [0.717, 1.165) is 82.6 Å². The summed E-state index contributed by atoms with van der Waals surface area (Å²) in [5, 5.41) is 0. The highest BCUT2D eigenvalue weighted by Gasteiger charge is 2.41. The highest BCUT2D eigenvalue weighted by atomic mass is 32.2. The summed E-state index contributed by atoms with van der Waals surface area (Å²) in [4.78, 5) is 29.1. The van der Waals surface area contributed by atoms with Gasteiger partial charge in [-0.3, -0.25) is 14.6 Å². The molecular formula is C31H46N6O3S. The maximum absolute atomic E-state index is 13.3. The number of nitrogens with zero attached hydrogens (tertiary/aromatic N) is 6. The topological polar surface area (TPSA) is 90.0 Å². The van der Waals surface area contributed by atoms with Crippen molar-refractivity contribution in [3.63, 3.8) is 0 Å². The smallest absolute Gasteiger partial charge is 0.257 e. The number of piperidine rings is 3. The molecule has 3 aliphatic heterocycles. The summed E-state index contributed by atoms with van der Waals surface area (Å²) in [7, 11) is -3.20. The average Bonchev–Trinajstić information content (AvgIpc) is 2.96. The minimum atomic E-state index is -3.20. The van der Waals surface area contributed by atoms with Crippen molar-refractivity contribution >= 4 is 15.9 Å². The van der Waals surface area contributed by atoms with Gasteiger partial charge in [-0.25, -0.2) is 22.7 Å². The van der Waals surface area contributed by atoms with E-state index in [2.05, 4.69) is 51.0 Å². The highest BCUT2D eigenvalue weighted by molar-refractivity contribution is 7.88. The molecule has 3 saturated heterocycles. The van der Waals surface area contributed by atoms with Crippen molar-refractivity contribution < 1.29 is 13.2 Å². The van der Waals surface area contributed by atoms with Gasteiger partial charge in [-0.15, -0.1) is 0 Å². The third-order valence-electron chi connectivity index (χ3n) is 9.77. The van der Waals surface area contributed by atoms with Crippen LogP contribution in [0.15, 0.2) is 36.7 Å². The summed E-state index contributed by atoms with van der Waals surface area (Å²) in [5.74, 6) is 0.0496. The van der Waals surface area contributed by atoms with Gasteiger partial charge in [0.2, 0.25) is 10.0 Å². The molecule has 4 heterocycles. The van der Waals surface area contributed by atoms with Crippen molar-refractivity contribution in [2.45, 2.75) is 83.5 Å². The van der Waals surface area contributed by atoms with Crippen LogP contribution in [0.4, 0.5) is 0 Å². The van der Waals surface area contributed by atoms with Crippen molar-refractivity contribution in [3.8, 4) is 0 Å². The maximum Gasteiger partial charge on any atom is 0.257 e. The Kier molecular flexibility index (Phi) is 9.13. The molecule has 3 fully saturated rings. The zero-order valence-electron chi connectivity index (χ0n) is 25.1. The van der Waals surface area contributed by atoms with Crippen molar-refractivity contribution in [1.29, 1.82) is 0 Å². The second-order valence-electron chi connectivity index (χ2n) is 12.5. The van der Waals surface area contributed by atoms with E-state index >= 15 is 0 Å². The maximum atomic E-state index is 13.3. The zero-order valence-corrected chi connectivity index (χ0v) is 25.9. The third-order valence-corrected chi connectivity index (χ3v) is 11.0. The van der Waals surface area contributed by atoms with Gasteiger partial charge in [0.1, 0.15) is 6.33 Å². The number of aryl methyl sites for hydroxylation is 2. The molecule has 0 aliphatic carbocycles. The number of rotatable bonds is 7. The normalized spacial score (nSPS) is 23.1. The molecule has 5 rings (SSSR count). The van der Waals surface area contributed by atoms with Crippen LogP contribution in [-0.2, 0) is 16.6 Å². The van der Waals surface area contributed by atoms with Crippen LogP contribution in [0.1, 0.15) is 72.8 Å². The van der Waals surface area contributed by atoms with Crippen LogP contribution in [0.25, 0.3) is 0 Å². The Morgan fingerprint density at radius 3 is 2.20 bits per heavy atom. The van der Waals surface area contributed by atoms with Crippen molar-refractivity contribution in [1.82, 2.24) is 29.0 Å². The Morgan fingerprint density at radius 2 is 1.59 bits per heavy atom. The number of hydrogen-bond donors (Lipinski definition) is 0. The Hall–Kier alpha value is -2.40. The number of benzene rings is 1. The fourth-order valence-corrected chi connectivity index (χ4v) is 8.05. The standard InChI is InChI=1S/C31H46N6O3S/c1-24-29(25(2)33-23-32-24)30(38)34-19-14-31(3,15-20-34)35-17-12-27(13-18-35)37(21-26-9-6-5-7-10-26)28-11-8-16-36(22-28)41(4,39)40/h5-7,9-10,23,27-28H,8,11-22H2,1-4H3. The van der Waals surface area contributed by atoms with Gasteiger partial charge in [0.15, 0.2) is 0 Å². The number of likely N-dealkylation sites (tertiary alicyclic amines) is 2. The molecule has 41 heavy (non-hydrogen) atoms. The molecule has 224 valence electrons. The summed E-state index contributed by atoms with van der Waals surface area (Å²) in [6.07, 6.45) is 8.85. The minimum absolute atomic E-state index is 0.0496. The lowest BCUT2D eigenvalue weighted by molar-refractivity contribution is -0.0122. The molecule has 1 aromatic heterocycles. The van der Waals surface area contributed by atoms with Crippen molar-refractivity contribution in [2.24, 2.45) is 0 Å². The van der Waals surface area contributed by atoms with Gasteiger partial charge in [-0.05, 0) is 64.9 Å². The average molecular weight is 583 g/mol. The number of sulfonamides is 1. The summed E-state index contributed by atoms with van der Waals surface area (Å²) >= 11 is 0. The fourth-order valence-electron chi connectivity index (χ4n) is 7.15. The monoisotopic (exact) mass is 582 g/mol. The summed E-state index contributed by atoms with van der Waals surface area (Å²) in [6.45, 7) is 11.7. The molecule has 0 N–H and O–H groups in total. The molecule has 2 aromatic rings. The molecule has 10 heteroatoms. The van der Waals surface area contributed by atoms with E-state index < -0.39 is 10.0 Å². The number of carbonyl (C=O) groups is 1. The van der Waals surface area contributed by atoms with Crippen LogP contribution in [-0.4, -0.2) is 106 Å². The molecule has 0 spiro atoms. The molecule has 0 bridgehead atoms. The quantitative estimate of drug-likeness (QED) is 0.494. The van der Waals surface area contributed by atoms with E-state index in [4.69, 9.17) is 0 Å². The minimum Gasteiger partial charge on any atom is -0.338 e. The Labute approximate surface area is 246 Å². The first-order chi connectivity index (χ1) is 19.5. The van der Waals surface area contributed by atoms with E-state index in [9.17, 15) is 13.2 Å². The van der Waals surface area contributed by atoms with Gasteiger partial charge in [0.05, 0.1) is 23.2 Å². The highest BCUT2D eigenvalue weighted by Crippen LogP contribution is 2.34. The van der Waals surface area contributed by atoms with Gasteiger partial charge >= 0.3 is 0 Å². The molecule has 9 nitrogen and oxygen atoms in total. The van der Waals surface area contributed by atoms with E-state index in [1.54, 1.807) is 4.31 Å². The lowest BCUT2D eigenvalue weighted by Crippen LogP contribution is -2.59. The predicted octanol–water partition coefficient (Wildman–Crippen LogP) is 3.48.